The van der Waals surface area contributed by atoms with Crippen LogP contribution in [0.4, 0.5) is 23.2 Å². The first kappa shape index (κ1) is 21.7. The number of halogens is 4. The van der Waals surface area contributed by atoms with Crippen LogP contribution in [0.5, 0.6) is 0 Å². The summed E-state index contributed by atoms with van der Waals surface area (Å²) in [4.78, 5) is 15.4. The Morgan fingerprint density at radius 3 is 2.59 bits per heavy atom. The lowest BCUT2D eigenvalue weighted by atomic mass is 9.75. The van der Waals surface area contributed by atoms with Gasteiger partial charge in [-0.2, -0.15) is 5.10 Å². The van der Waals surface area contributed by atoms with Gasteiger partial charge in [0.1, 0.15) is 4.88 Å². The summed E-state index contributed by atoms with van der Waals surface area (Å²) in [5, 5.41) is 19.8. The van der Waals surface area contributed by atoms with Crippen molar-refractivity contribution in [3.05, 3.63) is 22.8 Å². The summed E-state index contributed by atoms with van der Waals surface area (Å²) in [6.45, 7) is 2.93. The van der Waals surface area contributed by atoms with Crippen LogP contribution in [0.15, 0.2) is 12.4 Å². The third-order valence-electron chi connectivity index (χ3n) is 6.60. The number of hydrogen-bond donors (Lipinski definition) is 3. The maximum absolute atomic E-state index is 15.6. The van der Waals surface area contributed by atoms with Gasteiger partial charge in [0.2, 0.25) is 5.92 Å². The third kappa shape index (κ3) is 3.59. The van der Waals surface area contributed by atoms with Crippen LogP contribution < -0.4 is 10.2 Å². The average molecular weight is 473 g/mol. The van der Waals surface area contributed by atoms with Gasteiger partial charge in [-0.1, -0.05) is 0 Å². The number of amides is 1. The second-order valence-corrected chi connectivity index (χ2v) is 10.8. The Morgan fingerprint density at radius 1 is 1.28 bits per heavy atom. The molecule has 2 aliphatic heterocycles. The summed E-state index contributed by atoms with van der Waals surface area (Å²) < 4.78 is 58.2. The molecule has 0 aromatic carbocycles. The van der Waals surface area contributed by atoms with Crippen LogP contribution in [0.3, 0.4) is 0 Å². The first-order valence-electron chi connectivity index (χ1n) is 10.5. The van der Waals surface area contributed by atoms with Gasteiger partial charge < -0.3 is 15.3 Å². The predicted octanol–water partition coefficient (Wildman–Crippen LogP) is 3.82. The Labute approximate surface area is 186 Å². The van der Waals surface area contributed by atoms with Crippen LogP contribution in [0.2, 0.25) is 0 Å². The first-order chi connectivity index (χ1) is 14.8. The van der Waals surface area contributed by atoms with Gasteiger partial charge in [-0.05, 0) is 19.8 Å². The Hall–Kier alpha value is -2.14. The van der Waals surface area contributed by atoms with E-state index >= 15 is 8.78 Å². The van der Waals surface area contributed by atoms with Gasteiger partial charge in [-0.3, -0.25) is 9.89 Å². The maximum Gasteiger partial charge on any atom is 0.272 e. The Kier molecular flexibility index (Phi) is 4.70. The Bertz CT molecular complexity index is 1040. The smallest absolute Gasteiger partial charge is 0.272 e. The van der Waals surface area contributed by atoms with Crippen molar-refractivity contribution in [2.24, 2.45) is 5.92 Å². The molecule has 32 heavy (non-hydrogen) atoms. The zero-order chi connectivity index (χ0) is 23.1. The number of H-pyrrole nitrogens is 1. The molecule has 0 bridgehead atoms. The molecule has 2 aromatic rings. The van der Waals surface area contributed by atoms with Crippen molar-refractivity contribution in [1.82, 2.24) is 15.5 Å². The number of nitrogens with zero attached hydrogens (tertiary/aromatic N) is 2. The highest BCUT2D eigenvalue weighted by atomic mass is 32.1. The van der Waals surface area contributed by atoms with E-state index in [1.807, 2.05) is 0 Å². The number of aromatic nitrogens is 2. The molecule has 174 valence electrons. The molecule has 3 N–H and O–H groups in total. The lowest BCUT2D eigenvalue weighted by Gasteiger charge is -2.47. The number of nitrogens with one attached hydrogen (secondary N) is 2. The number of aromatic amines is 1. The lowest BCUT2D eigenvalue weighted by molar-refractivity contribution is -0.118. The Balaban J connectivity index is 1.62. The van der Waals surface area contributed by atoms with Crippen LogP contribution in [-0.4, -0.2) is 57.3 Å². The maximum atomic E-state index is 15.6. The minimum Gasteiger partial charge on any atom is -0.390 e. The molecule has 5 rings (SSSR count). The second kappa shape index (κ2) is 6.93. The SMILES string of the molecule is CC(C)(O)C[C@H]1N2C[C@H](C3CC(F)(F)C3)NC(=O)c3sc(-c4cn[nH]c4)c(c32)CC1(F)F. The molecule has 6 nitrogen and oxygen atoms in total. The summed E-state index contributed by atoms with van der Waals surface area (Å²) in [7, 11) is 0. The predicted molar refractivity (Wildman–Crippen MR) is 112 cm³/mol. The molecule has 1 fully saturated rings. The van der Waals surface area contributed by atoms with Gasteiger partial charge in [0.15, 0.2) is 0 Å². The summed E-state index contributed by atoms with van der Waals surface area (Å²) >= 11 is 1.11. The van der Waals surface area contributed by atoms with E-state index < -0.39 is 47.8 Å². The molecule has 1 amide bonds. The summed E-state index contributed by atoms with van der Waals surface area (Å²) in [5.74, 6) is -6.90. The van der Waals surface area contributed by atoms with Crippen molar-refractivity contribution in [3.63, 3.8) is 0 Å². The molecule has 1 aliphatic carbocycles. The number of alkyl halides is 4. The lowest BCUT2D eigenvalue weighted by Crippen LogP contribution is -2.59. The van der Waals surface area contributed by atoms with Crippen LogP contribution in [0, 0.1) is 5.92 Å². The van der Waals surface area contributed by atoms with Gasteiger partial charge in [-0.25, -0.2) is 17.6 Å². The molecular formula is C21H24F4N4O2S. The van der Waals surface area contributed by atoms with E-state index in [0.29, 0.717) is 26.6 Å². The molecule has 0 unspecified atom stereocenters. The summed E-state index contributed by atoms with van der Waals surface area (Å²) in [6.07, 6.45) is 1.56. The highest BCUT2D eigenvalue weighted by molar-refractivity contribution is 7.18. The fourth-order valence-corrected chi connectivity index (χ4v) is 6.34. The van der Waals surface area contributed by atoms with Gasteiger partial charge >= 0.3 is 0 Å². The van der Waals surface area contributed by atoms with E-state index in [2.05, 4.69) is 15.5 Å². The minimum absolute atomic E-state index is 0.00954. The monoisotopic (exact) mass is 472 g/mol. The van der Waals surface area contributed by atoms with Gasteiger partial charge in [-0.15, -0.1) is 11.3 Å². The number of carbonyl (C=O) groups excluding carboxylic acids is 1. The normalized spacial score (nSPS) is 26.8. The number of hydrogen-bond acceptors (Lipinski definition) is 5. The van der Waals surface area contributed by atoms with E-state index in [1.54, 1.807) is 6.20 Å². The molecular weight excluding hydrogens is 448 g/mol. The second-order valence-electron chi connectivity index (χ2n) is 9.80. The number of thiophene rings is 1. The molecule has 2 aromatic heterocycles. The standard InChI is InChI=1S/C21H24F4N4O2S/c1-19(2,31)6-14-21(24,25)5-12-15-17(32-16(12)11-7-26-27-8-11)18(30)28-13(9-29(14)15)10-3-20(22,23)4-10/h7-8,10,13-14,31H,3-6,9H2,1-2H3,(H,26,27)(H,28,30)/t13-,14-/m1/s1. The average Bonchev–Trinajstić information content (AvgIpc) is 3.25. The molecule has 1 saturated carbocycles. The number of rotatable bonds is 4. The van der Waals surface area contributed by atoms with E-state index in [0.717, 1.165) is 11.3 Å². The van der Waals surface area contributed by atoms with E-state index in [-0.39, 0.29) is 25.8 Å². The van der Waals surface area contributed by atoms with Crippen molar-refractivity contribution in [2.45, 2.75) is 69.1 Å². The fraction of sp³-hybridized carbons (Fsp3) is 0.619. The minimum atomic E-state index is -3.19. The van der Waals surface area contributed by atoms with Crippen molar-refractivity contribution in [1.29, 1.82) is 0 Å². The topological polar surface area (TPSA) is 81.2 Å². The summed E-state index contributed by atoms with van der Waals surface area (Å²) in [5.41, 5.74) is 0.0195. The molecule has 0 saturated heterocycles. The van der Waals surface area contributed by atoms with Crippen molar-refractivity contribution >= 4 is 22.9 Å². The molecule has 0 spiro atoms. The van der Waals surface area contributed by atoms with Crippen LogP contribution >= 0.6 is 11.3 Å². The fourth-order valence-electron chi connectivity index (χ4n) is 5.13. The molecule has 4 heterocycles. The number of carbonyl (C=O) groups is 1. The van der Waals surface area contributed by atoms with Crippen molar-refractivity contribution < 1.29 is 27.5 Å². The van der Waals surface area contributed by atoms with Crippen LogP contribution in [0.25, 0.3) is 10.4 Å². The van der Waals surface area contributed by atoms with E-state index in [4.69, 9.17) is 0 Å². The van der Waals surface area contributed by atoms with Crippen molar-refractivity contribution in [2.75, 3.05) is 11.4 Å². The van der Waals surface area contributed by atoms with Crippen LogP contribution in [-0.2, 0) is 6.42 Å². The zero-order valence-electron chi connectivity index (χ0n) is 17.6. The largest absolute Gasteiger partial charge is 0.390 e. The van der Waals surface area contributed by atoms with Gasteiger partial charge in [0, 0.05) is 60.5 Å². The molecule has 11 heteroatoms. The quantitative estimate of drug-likeness (QED) is 0.591. The first-order valence-corrected chi connectivity index (χ1v) is 11.4. The molecule has 2 atom stereocenters. The third-order valence-corrected chi connectivity index (χ3v) is 7.87. The summed E-state index contributed by atoms with van der Waals surface area (Å²) in [6, 6.07) is -2.04. The van der Waals surface area contributed by atoms with E-state index in [9.17, 15) is 18.7 Å². The highest BCUT2D eigenvalue weighted by Crippen LogP contribution is 2.53. The molecule has 3 aliphatic rings. The van der Waals surface area contributed by atoms with Gasteiger partial charge in [0.05, 0.1) is 23.5 Å². The Morgan fingerprint density at radius 2 is 2.00 bits per heavy atom. The van der Waals surface area contributed by atoms with Crippen LogP contribution in [0.1, 0.15) is 48.3 Å². The highest BCUT2D eigenvalue weighted by Gasteiger charge is 2.56. The number of anilines is 1. The van der Waals surface area contributed by atoms with E-state index in [1.165, 1.54) is 24.9 Å². The molecule has 0 radical (unpaired) electrons. The van der Waals surface area contributed by atoms with Gasteiger partial charge in [0.25, 0.3) is 11.8 Å². The van der Waals surface area contributed by atoms with Crippen molar-refractivity contribution in [3.8, 4) is 10.4 Å². The number of aliphatic hydroxyl groups is 1. The zero-order valence-corrected chi connectivity index (χ0v) is 18.4.